The van der Waals surface area contributed by atoms with Crippen molar-refractivity contribution in [2.75, 3.05) is 58.1 Å². The Hall–Kier alpha value is -2.58. The Morgan fingerprint density at radius 2 is 2.19 bits per heavy atom. The summed E-state index contributed by atoms with van der Waals surface area (Å²) >= 11 is 0. The molecule has 0 saturated carbocycles. The molecule has 3 rings (SSSR count). The van der Waals surface area contributed by atoms with Gasteiger partial charge in [0.1, 0.15) is 31.2 Å². The molecule has 1 aliphatic heterocycles. The molecule has 2 aromatic rings. The molecule has 2 unspecified atom stereocenters. The van der Waals surface area contributed by atoms with Crippen LogP contribution >= 0.6 is 0 Å². The Morgan fingerprint density at radius 1 is 1.39 bits per heavy atom. The third kappa shape index (κ3) is 5.19. The van der Waals surface area contributed by atoms with Gasteiger partial charge in [-0.15, -0.1) is 0 Å². The lowest BCUT2D eigenvalue weighted by Gasteiger charge is -2.22. The minimum Gasteiger partial charge on any atom is -0.395 e. The number of hydrogen-bond donors (Lipinski definition) is 4. The SMILES string of the molecule is CCOCC=NOCCN(C)C[C@H]1O[C@@H](n2c(NC)nc3c(N)ncnc32)C(O)C1O. The third-order valence-electron chi connectivity index (χ3n) is 4.92. The van der Waals surface area contributed by atoms with Gasteiger partial charge in [0.25, 0.3) is 0 Å². The number of anilines is 2. The number of ether oxygens (including phenoxy) is 2. The first-order valence-electron chi connectivity index (χ1n) is 10.1. The lowest BCUT2D eigenvalue weighted by atomic mass is 10.1. The fourth-order valence-electron chi connectivity index (χ4n) is 3.34. The van der Waals surface area contributed by atoms with Gasteiger partial charge in [-0.25, -0.2) is 15.0 Å². The second-order valence-electron chi connectivity index (χ2n) is 7.08. The number of nitrogens with one attached hydrogen (secondary N) is 1. The standard InChI is InChI=1S/C18H30N8O5/c1-4-29-7-5-23-30-8-6-25(3)9-11-13(27)14(28)17(31-11)26-16-12(24-18(26)20-2)15(19)21-10-22-16/h5,10-11,13-14,17,27-28H,4,6-9H2,1-3H3,(H,20,24)(H2,19,21,22)/t11-,13?,14?,17-/m1/s1. The molecule has 31 heavy (non-hydrogen) atoms. The molecule has 0 spiro atoms. The van der Waals surface area contributed by atoms with Gasteiger partial charge in [-0.2, -0.15) is 0 Å². The van der Waals surface area contributed by atoms with E-state index in [1.165, 1.54) is 6.33 Å². The average Bonchev–Trinajstić information content (AvgIpc) is 3.26. The van der Waals surface area contributed by atoms with E-state index in [1.807, 2.05) is 18.9 Å². The first-order chi connectivity index (χ1) is 15.0. The summed E-state index contributed by atoms with van der Waals surface area (Å²) in [6, 6.07) is 0. The predicted molar refractivity (Wildman–Crippen MR) is 114 cm³/mol. The van der Waals surface area contributed by atoms with Crippen molar-refractivity contribution < 1.29 is 24.5 Å². The number of imidazole rings is 1. The van der Waals surface area contributed by atoms with E-state index in [0.29, 0.717) is 50.0 Å². The van der Waals surface area contributed by atoms with Gasteiger partial charge >= 0.3 is 0 Å². The second kappa shape index (κ2) is 10.6. The van der Waals surface area contributed by atoms with Crippen LogP contribution < -0.4 is 11.1 Å². The Balaban J connectivity index is 1.62. The minimum atomic E-state index is -1.18. The molecule has 3 heterocycles. The molecule has 1 saturated heterocycles. The molecule has 172 valence electrons. The van der Waals surface area contributed by atoms with Crippen molar-refractivity contribution >= 4 is 29.1 Å². The van der Waals surface area contributed by atoms with Crippen LogP contribution in [0.4, 0.5) is 11.8 Å². The number of nitrogens with zero attached hydrogens (tertiary/aromatic N) is 6. The largest absolute Gasteiger partial charge is 0.395 e. The Kier molecular flexibility index (Phi) is 7.92. The van der Waals surface area contributed by atoms with Crippen LogP contribution in [0, 0.1) is 0 Å². The van der Waals surface area contributed by atoms with Gasteiger partial charge in [0.15, 0.2) is 23.2 Å². The lowest BCUT2D eigenvalue weighted by molar-refractivity contribution is -0.0425. The van der Waals surface area contributed by atoms with E-state index in [2.05, 4.69) is 25.4 Å². The topological polar surface area (TPSA) is 165 Å². The molecular weight excluding hydrogens is 408 g/mol. The van der Waals surface area contributed by atoms with Crippen LogP contribution in [0.3, 0.4) is 0 Å². The fourth-order valence-corrected chi connectivity index (χ4v) is 3.34. The number of aliphatic hydroxyl groups is 2. The van der Waals surface area contributed by atoms with E-state index in [-0.39, 0.29) is 5.82 Å². The number of aliphatic hydroxyl groups excluding tert-OH is 2. The summed E-state index contributed by atoms with van der Waals surface area (Å²) in [5, 5.41) is 28.0. The van der Waals surface area contributed by atoms with E-state index in [9.17, 15) is 10.2 Å². The van der Waals surface area contributed by atoms with E-state index < -0.39 is 24.5 Å². The highest BCUT2D eigenvalue weighted by Crippen LogP contribution is 2.35. The molecule has 13 nitrogen and oxygen atoms in total. The molecule has 0 aromatic carbocycles. The van der Waals surface area contributed by atoms with Gasteiger partial charge in [0.05, 0.1) is 12.8 Å². The van der Waals surface area contributed by atoms with Crippen molar-refractivity contribution in [3.8, 4) is 0 Å². The molecular formula is C18H30N8O5. The van der Waals surface area contributed by atoms with Crippen molar-refractivity contribution in [1.82, 2.24) is 24.4 Å². The number of fused-ring (bicyclic) bond motifs is 1. The quantitative estimate of drug-likeness (QED) is 0.194. The molecule has 1 aliphatic rings. The van der Waals surface area contributed by atoms with Crippen LogP contribution in [0.15, 0.2) is 11.5 Å². The highest BCUT2D eigenvalue weighted by atomic mass is 16.6. The van der Waals surface area contributed by atoms with Gasteiger partial charge in [-0.05, 0) is 14.0 Å². The molecule has 0 amide bonds. The summed E-state index contributed by atoms with van der Waals surface area (Å²) < 4.78 is 12.7. The van der Waals surface area contributed by atoms with E-state index in [0.717, 1.165) is 0 Å². The lowest BCUT2D eigenvalue weighted by Crippen LogP contribution is -2.39. The maximum Gasteiger partial charge on any atom is 0.207 e. The van der Waals surface area contributed by atoms with Gasteiger partial charge in [-0.3, -0.25) is 4.57 Å². The predicted octanol–water partition coefficient (Wildman–Crippen LogP) is -0.960. The zero-order valence-corrected chi connectivity index (χ0v) is 17.9. The van der Waals surface area contributed by atoms with Crippen LogP contribution in [0.2, 0.25) is 0 Å². The molecule has 2 aromatic heterocycles. The van der Waals surface area contributed by atoms with Crippen molar-refractivity contribution in [2.45, 2.75) is 31.5 Å². The number of oxime groups is 1. The summed E-state index contributed by atoms with van der Waals surface area (Å²) in [7, 11) is 3.55. The summed E-state index contributed by atoms with van der Waals surface area (Å²) in [5.41, 5.74) is 6.69. The van der Waals surface area contributed by atoms with Crippen molar-refractivity contribution in [1.29, 1.82) is 0 Å². The summed E-state index contributed by atoms with van der Waals surface area (Å²) in [5.74, 6) is 0.610. The second-order valence-corrected chi connectivity index (χ2v) is 7.08. The zero-order chi connectivity index (χ0) is 22.4. The summed E-state index contributed by atoms with van der Waals surface area (Å²) in [6.07, 6.45) is -0.936. The highest BCUT2D eigenvalue weighted by molar-refractivity contribution is 5.84. The normalized spacial score (nSPS) is 23.9. The average molecular weight is 438 g/mol. The minimum absolute atomic E-state index is 0.216. The molecule has 0 radical (unpaired) electrons. The van der Waals surface area contributed by atoms with Crippen LogP contribution in [0.5, 0.6) is 0 Å². The van der Waals surface area contributed by atoms with Crippen molar-refractivity contribution in [3.05, 3.63) is 6.33 Å². The molecule has 13 heteroatoms. The van der Waals surface area contributed by atoms with Gasteiger partial charge in [-0.1, -0.05) is 5.16 Å². The summed E-state index contributed by atoms with van der Waals surface area (Å²) in [4.78, 5) is 19.6. The Morgan fingerprint density at radius 3 is 2.94 bits per heavy atom. The van der Waals surface area contributed by atoms with E-state index >= 15 is 0 Å². The van der Waals surface area contributed by atoms with Gasteiger partial charge < -0.3 is 40.5 Å². The van der Waals surface area contributed by atoms with Crippen LogP contribution in [0.1, 0.15) is 13.2 Å². The fraction of sp³-hybridized carbons (Fsp3) is 0.667. The number of aromatic nitrogens is 4. The van der Waals surface area contributed by atoms with Crippen LogP contribution in [-0.2, 0) is 14.3 Å². The van der Waals surface area contributed by atoms with Crippen LogP contribution in [-0.4, -0.2) is 106 Å². The molecule has 5 N–H and O–H groups in total. The Bertz CT molecular complexity index is 878. The maximum absolute atomic E-state index is 10.7. The highest BCUT2D eigenvalue weighted by Gasteiger charge is 2.45. The van der Waals surface area contributed by atoms with Crippen molar-refractivity contribution in [2.24, 2.45) is 5.16 Å². The number of nitrogens with two attached hydrogens (primary N) is 1. The third-order valence-corrected chi connectivity index (χ3v) is 4.92. The van der Waals surface area contributed by atoms with Crippen LogP contribution in [0.25, 0.3) is 11.2 Å². The molecule has 0 aliphatic carbocycles. The number of nitrogen functional groups attached to an aromatic ring is 1. The Labute approximate surface area is 179 Å². The smallest absolute Gasteiger partial charge is 0.207 e. The van der Waals surface area contributed by atoms with Gasteiger partial charge in [0.2, 0.25) is 5.95 Å². The maximum atomic E-state index is 10.7. The summed E-state index contributed by atoms with van der Waals surface area (Å²) in [6.45, 7) is 4.22. The number of hydrogen-bond acceptors (Lipinski definition) is 12. The molecule has 0 bridgehead atoms. The van der Waals surface area contributed by atoms with E-state index in [1.54, 1.807) is 17.8 Å². The first kappa shape index (κ1) is 23.1. The van der Waals surface area contributed by atoms with Crippen molar-refractivity contribution in [3.63, 3.8) is 0 Å². The zero-order valence-electron chi connectivity index (χ0n) is 17.9. The monoisotopic (exact) mass is 438 g/mol. The first-order valence-corrected chi connectivity index (χ1v) is 10.1. The molecule has 4 atom stereocenters. The van der Waals surface area contributed by atoms with E-state index in [4.69, 9.17) is 20.0 Å². The number of likely N-dealkylation sites (N-methyl/N-ethyl adjacent to an activating group) is 1. The number of rotatable bonds is 11. The molecule has 1 fully saturated rings. The van der Waals surface area contributed by atoms with Gasteiger partial charge in [0, 0.05) is 26.7 Å².